The van der Waals surface area contributed by atoms with Crippen LogP contribution in [0, 0.1) is 10.1 Å². The first-order chi connectivity index (χ1) is 10.6. The van der Waals surface area contributed by atoms with E-state index in [2.05, 4.69) is 12.0 Å². The van der Waals surface area contributed by atoms with Gasteiger partial charge in [-0.2, -0.15) is 0 Å². The smallest absolute Gasteiger partial charge is 0.313 e. The molecule has 0 spiro atoms. The van der Waals surface area contributed by atoms with Crippen LogP contribution < -0.4 is 9.80 Å². The number of nitrogens with one attached hydrogen (secondary N) is 2. The number of piperazine rings is 1. The number of nitrogens with zero attached hydrogens (tertiary/aromatic N) is 2. The zero-order chi connectivity index (χ0) is 15.7. The molecule has 1 aromatic carbocycles. The molecule has 0 atom stereocenters. The van der Waals surface area contributed by atoms with Crippen LogP contribution in [-0.4, -0.2) is 48.2 Å². The Hall–Kier alpha value is -2.25. The van der Waals surface area contributed by atoms with Gasteiger partial charge in [-0.1, -0.05) is 6.07 Å². The molecule has 1 aromatic heterocycles. The lowest BCUT2D eigenvalue weighted by Gasteiger charge is -2.27. The molecule has 0 unspecified atom stereocenters. The highest BCUT2D eigenvalue weighted by atomic mass is 16.6. The van der Waals surface area contributed by atoms with Crippen molar-refractivity contribution in [2.75, 3.05) is 33.2 Å². The van der Waals surface area contributed by atoms with Crippen molar-refractivity contribution in [3.63, 3.8) is 0 Å². The predicted molar refractivity (Wildman–Crippen MR) is 81.1 cm³/mol. The fourth-order valence-electron chi connectivity index (χ4n) is 3.05. The van der Waals surface area contributed by atoms with Crippen LogP contribution in [0.15, 0.2) is 24.4 Å². The summed E-state index contributed by atoms with van der Waals surface area (Å²) < 4.78 is 0. The monoisotopic (exact) mass is 304 g/mol. The van der Waals surface area contributed by atoms with Crippen LogP contribution in [0.2, 0.25) is 0 Å². The molecule has 2 heterocycles. The predicted octanol–water partition coefficient (Wildman–Crippen LogP) is -1.24. The number of nitro benzene ring substituents is 1. The van der Waals surface area contributed by atoms with Crippen LogP contribution in [0.1, 0.15) is 5.56 Å². The normalized spacial score (nSPS) is 21.9. The number of pyridine rings is 1. The summed E-state index contributed by atoms with van der Waals surface area (Å²) in [6.45, 7) is 5.01. The minimum atomic E-state index is -0.545. The number of nitro groups is 1. The molecule has 3 rings (SSSR count). The number of aromatic hydroxyl groups is 1. The van der Waals surface area contributed by atoms with Crippen LogP contribution >= 0.6 is 0 Å². The molecule has 0 radical (unpaired) electrons. The van der Waals surface area contributed by atoms with Crippen molar-refractivity contribution in [3.05, 3.63) is 40.1 Å². The van der Waals surface area contributed by atoms with Gasteiger partial charge in [-0.25, -0.2) is 0 Å². The zero-order valence-corrected chi connectivity index (χ0v) is 12.5. The fourth-order valence-corrected chi connectivity index (χ4v) is 3.05. The summed E-state index contributed by atoms with van der Waals surface area (Å²) in [4.78, 5) is 17.7. The third-order valence-electron chi connectivity index (χ3n) is 4.38. The number of quaternary nitrogens is 2. The quantitative estimate of drug-likeness (QED) is 0.489. The Balaban J connectivity index is 2.01. The molecule has 116 valence electrons. The van der Waals surface area contributed by atoms with Crippen molar-refractivity contribution in [3.8, 4) is 5.75 Å². The van der Waals surface area contributed by atoms with Gasteiger partial charge in [0.2, 0.25) is 5.75 Å². The average Bonchev–Trinajstić information content (AvgIpc) is 2.52. The first-order valence-electron chi connectivity index (χ1n) is 7.45. The molecular formula is C15H20N4O3+2. The molecule has 1 saturated heterocycles. The van der Waals surface area contributed by atoms with E-state index in [0.717, 1.165) is 43.7 Å². The van der Waals surface area contributed by atoms with Crippen LogP contribution in [-0.2, 0) is 6.54 Å². The van der Waals surface area contributed by atoms with Gasteiger partial charge in [-0.15, -0.1) is 0 Å². The van der Waals surface area contributed by atoms with Crippen LogP contribution in [0.5, 0.6) is 5.75 Å². The number of phenolic OH excluding ortho intramolecular Hbond substituents is 1. The Kier molecular flexibility index (Phi) is 3.91. The number of rotatable bonds is 3. The van der Waals surface area contributed by atoms with Crippen molar-refractivity contribution < 1.29 is 19.8 Å². The topological polar surface area (TPSA) is 85.1 Å². The van der Waals surface area contributed by atoms with E-state index < -0.39 is 4.92 Å². The summed E-state index contributed by atoms with van der Waals surface area (Å²) in [6, 6.07) is 5.15. The Morgan fingerprint density at radius 2 is 2.09 bits per heavy atom. The van der Waals surface area contributed by atoms with E-state index in [9.17, 15) is 15.2 Å². The van der Waals surface area contributed by atoms with E-state index in [1.54, 1.807) is 12.3 Å². The molecule has 22 heavy (non-hydrogen) atoms. The Morgan fingerprint density at radius 3 is 2.77 bits per heavy atom. The highest BCUT2D eigenvalue weighted by Crippen LogP contribution is 2.35. The maximum absolute atomic E-state index is 11.2. The summed E-state index contributed by atoms with van der Waals surface area (Å²) in [5, 5.41) is 22.0. The maximum Gasteiger partial charge on any atom is 0.313 e. The lowest BCUT2D eigenvalue weighted by atomic mass is 10.1. The highest BCUT2D eigenvalue weighted by Gasteiger charge is 2.25. The van der Waals surface area contributed by atoms with Gasteiger partial charge in [0.15, 0.2) is 0 Å². The molecule has 1 fully saturated rings. The van der Waals surface area contributed by atoms with Gasteiger partial charge < -0.3 is 14.9 Å². The molecule has 2 aromatic rings. The van der Waals surface area contributed by atoms with E-state index in [0.29, 0.717) is 5.52 Å². The van der Waals surface area contributed by atoms with Crippen molar-refractivity contribution in [1.82, 2.24) is 4.98 Å². The molecule has 7 heteroatoms. The molecule has 0 amide bonds. The Morgan fingerprint density at radius 1 is 1.36 bits per heavy atom. The maximum atomic E-state index is 11.2. The van der Waals surface area contributed by atoms with E-state index in [-0.39, 0.29) is 11.4 Å². The molecule has 7 nitrogen and oxygen atoms in total. The fraction of sp³-hybridized carbons (Fsp3) is 0.400. The minimum absolute atomic E-state index is 0.264. The summed E-state index contributed by atoms with van der Waals surface area (Å²) >= 11 is 0. The minimum Gasteiger partial charge on any atom is -0.501 e. The molecule has 1 aliphatic rings. The average molecular weight is 304 g/mol. The van der Waals surface area contributed by atoms with Gasteiger partial charge in [0.25, 0.3) is 0 Å². The first-order valence-corrected chi connectivity index (χ1v) is 7.45. The zero-order valence-electron chi connectivity index (χ0n) is 12.5. The number of likely N-dealkylation sites (N-methyl/N-ethyl adjacent to an activating group) is 1. The molecule has 0 bridgehead atoms. The third kappa shape index (κ3) is 2.72. The van der Waals surface area contributed by atoms with Gasteiger partial charge >= 0.3 is 5.69 Å². The highest BCUT2D eigenvalue weighted by molar-refractivity contribution is 5.90. The first kappa shape index (κ1) is 14.7. The van der Waals surface area contributed by atoms with Crippen LogP contribution in [0.25, 0.3) is 10.9 Å². The van der Waals surface area contributed by atoms with Gasteiger partial charge in [0, 0.05) is 23.2 Å². The van der Waals surface area contributed by atoms with Crippen molar-refractivity contribution >= 4 is 16.6 Å². The number of fused-ring (bicyclic) bond motifs is 1. The van der Waals surface area contributed by atoms with Gasteiger partial charge in [-0.3, -0.25) is 15.1 Å². The van der Waals surface area contributed by atoms with Gasteiger partial charge in [0.05, 0.1) is 12.0 Å². The van der Waals surface area contributed by atoms with Crippen molar-refractivity contribution in [2.45, 2.75) is 6.54 Å². The Bertz CT molecular complexity index is 711. The van der Waals surface area contributed by atoms with Crippen LogP contribution in [0.3, 0.4) is 0 Å². The van der Waals surface area contributed by atoms with Crippen molar-refractivity contribution in [2.24, 2.45) is 0 Å². The number of hydrogen-bond donors (Lipinski definition) is 3. The van der Waals surface area contributed by atoms with Crippen LogP contribution in [0.4, 0.5) is 5.69 Å². The largest absolute Gasteiger partial charge is 0.501 e. The molecular weight excluding hydrogens is 284 g/mol. The van der Waals surface area contributed by atoms with Gasteiger partial charge in [0.1, 0.15) is 38.2 Å². The summed E-state index contributed by atoms with van der Waals surface area (Å²) in [5.41, 5.74) is 0.924. The van der Waals surface area contributed by atoms with Gasteiger partial charge in [-0.05, 0) is 6.07 Å². The summed E-state index contributed by atoms with van der Waals surface area (Å²) in [7, 11) is 2.18. The molecule has 0 saturated carbocycles. The van der Waals surface area contributed by atoms with E-state index >= 15 is 0 Å². The summed E-state index contributed by atoms with van der Waals surface area (Å²) in [6.07, 6.45) is 1.54. The second-order valence-electron chi connectivity index (χ2n) is 5.94. The van der Waals surface area contributed by atoms with Crippen molar-refractivity contribution in [1.29, 1.82) is 0 Å². The van der Waals surface area contributed by atoms with E-state index in [1.165, 1.54) is 15.9 Å². The molecule has 1 aliphatic heterocycles. The third-order valence-corrected chi connectivity index (χ3v) is 4.38. The second kappa shape index (κ2) is 5.86. The number of phenols is 1. The second-order valence-corrected chi connectivity index (χ2v) is 5.94. The molecule has 0 aliphatic carbocycles. The lowest BCUT2D eigenvalue weighted by molar-refractivity contribution is -1.01. The number of aromatic nitrogens is 1. The number of hydrogen-bond acceptors (Lipinski definition) is 4. The van der Waals surface area contributed by atoms with E-state index in [1.807, 2.05) is 6.07 Å². The number of benzene rings is 1. The lowest BCUT2D eigenvalue weighted by Crippen LogP contribution is -3.26. The SMILES string of the molecule is C[NH+]1CC[NH+](Cc2cc([N+](=O)[O-])c(O)c3ncccc23)CC1. The standard InChI is InChI=1S/C15H18N4O3/c1-17-5-7-18(8-6-17)10-11-9-13(19(21)22)15(20)14-12(11)3-2-4-16-14/h2-4,9,20H,5-8,10H2,1H3/p+2. The Labute approximate surface area is 127 Å². The molecule has 3 N–H and O–H groups in total. The van der Waals surface area contributed by atoms with E-state index in [4.69, 9.17) is 0 Å². The summed E-state index contributed by atoms with van der Waals surface area (Å²) in [5.74, 6) is -0.345.